The van der Waals surface area contributed by atoms with E-state index in [0.717, 1.165) is 4.47 Å². The molecule has 0 atom stereocenters. The summed E-state index contributed by atoms with van der Waals surface area (Å²) in [6.45, 7) is 0. The molecule has 7 heteroatoms. The lowest BCUT2D eigenvalue weighted by atomic mass is 10.2. The summed E-state index contributed by atoms with van der Waals surface area (Å²) in [5, 5.41) is 23.4. The fourth-order valence-electron chi connectivity index (χ4n) is 1.62. The lowest BCUT2D eigenvalue weighted by Gasteiger charge is -2.09. The second-order valence-corrected chi connectivity index (χ2v) is 5.04. The first kappa shape index (κ1) is 14.9. The zero-order chi connectivity index (χ0) is 15.4. The van der Waals surface area contributed by atoms with E-state index in [1.54, 1.807) is 24.3 Å². The molecule has 0 heterocycles. The Labute approximate surface area is 128 Å². The number of carboxylic acids is 1. The number of aromatic hydroxyl groups is 1. The molecule has 0 saturated carbocycles. The molecular weight excluding hydrogens is 340 g/mol. The molecule has 2 aromatic rings. The van der Waals surface area contributed by atoms with Crippen LogP contribution >= 0.6 is 15.9 Å². The second-order valence-electron chi connectivity index (χ2n) is 4.12. The van der Waals surface area contributed by atoms with Gasteiger partial charge in [0.2, 0.25) is 0 Å². The van der Waals surface area contributed by atoms with Gasteiger partial charge in [0.15, 0.2) is 0 Å². The monoisotopic (exact) mass is 350 g/mol. The van der Waals surface area contributed by atoms with Crippen molar-refractivity contribution in [1.29, 1.82) is 0 Å². The van der Waals surface area contributed by atoms with E-state index >= 15 is 0 Å². The first-order chi connectivity index (χ1) is 9.95. The van der Waals surface area contributed by atoms with Crippen molar-refractivity contribution in [2.75, 3.05) is 10.6 Å². The van der Waals surface area contributed by atoms with Crippen LogP contribution in [0.2, 0.25) is 0 Å². The van der Waals surface area contributed by atoms with Crippen molar-refractivity contribution >= 4 is 39.3 Å². The van der Waals surface area contributed by atoms with Gasteiger partial charge < -0.3 is 20.8 Å². The van der Waals surface area contributed by atoms with Gasteiger partial charge in [0.25, 0.3) is 0 Å². The van der Waals surface area contributed by atoms with Gasteiger partial charge in [-0.25, -0.2) is 9.59 Å². The van der Waals surface area contributed by atoms with E-state index in [4.69, 9.17) is 5.11 Å². The van der Waals surface area contributed by atoms with E-state index in [1.807, 2.05) is 0 Å². The Hall–Kier alpha value is -2.54. The fourth-order valence-corrected chi connectivity index (χ4v) is 1.88. The van der Waals surface area contributed by atoms with Crippen LogP contribution in [0.4, 0.5) is 16.2 Å². The SMILES string of the molecule is O=C(Nc1ccc(Br)cc1)Nc1ccc(C(=O)O)c(O)c1. The minimum atomic E-state index is -1.24. The number of carbonyl (C=O) groups is 2. The first-order valence-corrected chi connectivity index (χ1v) is 6.65. The van der Waals surface area contributed by atoms with Crippen LogP contribution in [0, 0.1) is 0 Å². The number of phenols is 1. The number of urea groups is 1. The van der Waals surface area contributed by atoms with Crippen LogP contribution in [0.3, 0.4) is 0 Å². The van der Waals surface area contributed by atoms with Crippen molar-refractivity contribution in [2.24, 2.45) is 0 Å². The predicted octanol–water partition coefficient (Wildman–Crippen LogP) is 3.50. The third-order valence-electron chi connectivity index (χ3n) is 2.59. The van der Waals surface area contributed by atoms with Gasteiger partial charge in [0.05, 0.1) is 0 Å². The summed E-state index contributed by atoms with van der Waals surface area (Å²) in [6.07, 6.45) is 0. The van der Waals surface area contributed by atoms with Crippen molar-refractivity contribution in [1.82, 2.24) is 0 Å². The summed E-state index contributed by atoms with van der Waals surface area (Å²) < 4.78 is 0.891. The van der Waals surface area contributed by atoms with Gasteiger partial charge in [-0.2, -0.15) is 0 Å². The Morgan fingerprint density at radius 3 is 2.10 bits per heavy atom. The minimum absolute atomic E-state index is 0.228. The number of rotatable bonds is 3. The van der Waals surface area contributed by atoms with E-state index in [1.165, 1.54) is 18.2 Å². The number of hydrogen-bond acceptors (Lipinski definition) is 3. The van der Waals surface area contributed by atoms with E-state index in [2.05, 4.69) is 26.6 Å². The maximum atomic E-state index is 11.8. The predicted molar refractivity (Wildman–Crippen MR) is 81.8 cm³/mol. The molecule has 0 fully saturated rings. The third kappa shape index (κ3) is 3.96. The molecule has 0 aliphatic heterocycles. The third-order valence-corrected chi connectivity index (χ3v) is 3.12. The Balaban J connectivity index is 2.04. The molecule has 0 spiro atoms. The highest BCUT2D eigenvalue weighted by Gasteiger charge is 2.11. The highest BCUT2D eigenvalue weighted by Crippen LogP contribution is 2.22. The van der Waals surface area contributed by atoms with Crippen LogP contribution in [-0.4, -0.2) is 22.2 Å². The molecule has 0 aliphatic rings. The van der Waals surface area contributed by atoms with Gasteiger partial charge >= 0.3 is 12.0 Å². The molecule has 0 unspecified atom stereocenters. The summed E-state index contributed by atoms with van der Waals surface area (Å²) in [6, 6.07) is 10.3. The molecule has 0 radical (unpaired) electrons. The number of amides is 2. The van der Waals surface area contributed by atoms with Crippen molar-refractivity contribution in [3.63, 3.8) is 0 Å². The van der Waals surface area contributed by atoms with Crippen LogP contribution in [0.15, 0.2) is 46.9 Å². The number of carboxylic acid groups (broad SMARTS) is 1. The largest absolute Gasteiger partial charge is 0.507 e. The Kier molecular flexibility index (Phi) is 4.44. The van der Waals surface area contributed by atoms with Crippen LogP contribution in [-0.2, 0) is 0 Å². The minimum Gasteiger partial charge on any atom is -0.507 e. The Morgan fingerprint density at radius 1 is 0.952 bits per heavy atom. The normalized spacial score (nSPS) is 9.95. The quantitative estimate of drug-likeness (QED) is 0.680. The van der Waals surface area contributed by atoms with E-state index in [0.29, 0.717) is 5.69 Å². The molecule has 108 valence electrons. The standard InChI is InChI=1S/C14H11BrN2O4/c15-8-1-3-9(4-2-8)16-14(21)17-10-5-6-11(13(19)20)12(18)7-10/h1-7,18H,(H,19,20)(H2,16,17,21). The Morgan fingerprint density at radius 2 is 1.52 bits per heavy atom. The molecule has 6 nitrogen and oxygen atoms in total. The molecule has 4 N–H and O–H groups in total. The van der Waals surface area contributed by atoms with E-state index in [9.17, 15) is 14.7 Å². The highest BCUT2D eigenvalue weighted by molar-refractivity contribution is 9.10. The van der Waals surface area contributed by atoms with Gasteiger partial charge in [0, 0.05) is 21.9 Å². The molecular formula is C14H11BrN2O4. The van der Waals surface area contributed by atoms with Gasteiger partial charge in [-0.1, -0.05) is 15.9 Å². The van der Waals surface area contributed by atoms with Gasteiger partial charge in [-0.3, -0.25) is 0 Å². The fraction of sp³-hybridized carbons (Fsp3) is 0. The molecule has 2 aromatic carbocycles. The number of anilines is 2. The summed E-state index contributed by atoms with van der Waals surface area (Å²) in [5.74, 6) is -1.65. The van der Waals surface area contributed by atoms with Crippen LogP contribution in [0.1, 0.15) is 10.4 Å². The van der Waals surface area contributed by atoms with E-state index < -0.39 is 17.7 Å². The van der Waals surface area contributed by atoms with Crippen LogP contribution < -0.4 is 10.6 Å². The topological polar surface area (TPSA) is 98.7 Å². The zero-order valence-corrected chi connectivity index (χ0v) is 12.2. The zero-order valence-electron chi connectivity index (χ0n) is 10.6. The highest BCUT2D eigenvalue weighted by atomic mass is 79.9. The van der Waals surface area contributed by atoms with Crippen molar-refractivity contribution in [3.8, 4) is 5.75 Å². The van der Waals surface area contributed by atoms with Gasteiger partial charge in [-0.15, -0.1) is 0 Å². The first-order valence-electron chi connectivity index (χ1n) is 5.85. The maximum Gasteiger partial charge on any atom is 0.339 e. The number of nitrogens with one attached hydrogen (secondary N) is 2. The second kappa shape index (κ2) is 6.27. The lowest BCUT2D eigenvalue weighted by molar-refractivity contribution is 0.0694. The van der Waals surface area contributed by atoms with Crippen LogP contribution in [0.5, 0.6) is 5.75 Å². The molecule has 0 bridgehead atoms. The summed E-state index contributed by atoms with van der Waals surface area (Å²) in [4.78, 5) is 22.5. The molecule has 0 aliphatic carbocycles. The molecule has 0 saturated heterocycles. The van der Waals surface area contributed by atoms with Crippen molar-refractivity contribution in [2.45, 2.75) is 0 Å². The van der Waals surface area contributed by atoms with Crippen LogP contribution in [0.25, 0.3) is 0 Å². The van der Waals surface area contributed by atoms with Crippen molar-refractivity contribution < 1.29 is 19.8 Å². The number of halogens is 1. The smallest absolute Gasteiger partial charge is 0.339 e. The molecule has 21 heavy (non-hydrogen) atoms. The molecule has 2 amide bonds. The van der Waals surface area contributed by atoms with Gasteiger partial charge in [0.1, 0.15) is 11.3 Å². The maximum absolute atomic E-state index is 11.8. The number of hydrogen-bond donors (Lipinski definition) is 4. The number of carbonyl (C=O) groups excluding carboxylic acids is 1. The lowest BCUT2D eigenvalue weighted by Crippen LogP contribution is -2.19. The van der Waals surface area contributed by atoms with E-state index in [-0.39, 0.29) is 11.3 Å². The van der Waals surface area contributed by atoms with Gasteiger partial charge in [-0.05, 0) is 36.4 Å². The average molecular weight is 351 g/mol. The summed E-state index contributed by atoms with van der Waals surface area (Å²) in [5.41, 5.74) is 0.656. The molecule has 2 rings (SSSR count). The Bertz CT molecular complexity index is 686. The average Bonchev–Trinajstić information content (AvgIpc) is 2.41. The molecule has 0 aromatic heterocycles. The summed E-state index contributed by atoms with van der Waals surface area (Å²) >= 11 is 3.29. The number of aromatic carboxylic acids is 1. The summed E-state index contributed by atoms with van der Waals surface area (Å²) in [7, 11) is 0. The number of benzene rings is 2. The van der Waals surface area contributed by atoms with Crippen molar-refractivity contribution in [3.05, 3.63) is 52.5 Å².